The normalized spacial score (nSPS) is 27.0. The summed E-state index contributed by atoms with van der Waals surface area (Å²) in [6.45, 7) is 5.38. The van der Waals surface area contributed by atoms with Crippen molar-refractivity contribution in [2.24, 2.45) is 5.92 Å². The summed E-state index contributed by atoms with van der Waals surface area (Å²) in [5, 5.41) is 30.2. The van der Waals surface area contributed by atoms with E-state index >= 15 is 0 Å². The summed E-state index contributed by atoms with van der Waals surface area (Å²) < 4.78 is 7.46. The van der Waals surface area contributed by atoms with Crippen LogP contribution in [-0.2, 0) is 20.4 Å². The number of carboxylic acid groups (broad SMARTS) is 1. The highest BCUT2D eigenvalue weighted by molar-refractivity contribution is 7.97. The fourth-order valence-electron chi connectivity index (χ4n) is 3.18. The van der Waals surface area contributed by atoms with E-state index in [0.717, 1.165) is 0 Å². The Balaban J connectivity index is 1.78. The zero-order chi connectivity index (χ0) is 20.4. The van der Waals surface area contributed by atoms with Gasteiger partial charge in [0.2, 0.25) is 0 Å². The second-order valence-corrected chi connectivity index (χ2v) is 8.99. The first-order valence-electron chi connectivity index (χ1n) is 8.75. The van der Waals surface area contributed by atoms with Crippen LogP contribution >= 0.6 is 0 Å². The van der Waals surface area contributed by atoms with Gasteiger partial charge in [-0.15, -0.1) is 0 Å². The first kappa shape index (κ1) is 20.5. The summed E-state index contributed by atoms with van der Waals surface area (Å²) in [7, 11) is -0.359. The number of anilines is 1. The third-order valence-corrected chi connectivity index (χ3v) is 7.14. The number of fused-ring (bicyclic) bond motifs is 1. The lowest BCUT2D eigenvalue weighted by Crippen LogP contribution is -2.37. The number of nitrogens with zero attached hydrogens (tertiary/aromatic N) is 4. The SMILES string of the molecule is C=CC[S+](C[C@H](C)C(=O)O)C[C@H]1O[C@@H](n2cnc3c(N)ncnc32)C(O)[C@H]1O. The lowest BCUT2D eigenvalue weighted by Gasteiger charge is -2.17. The number of ether oxygens (including phenoxy) is 1. The van der Waals surface area contributed by atoms with Crippen LogP contribution in [0.1, 0.15) is 13.2 Å². The van der Waals surface area contributed by atoms with Crippen molar-refractivity contribution in [2.45, 2.75) is 31.5 Å². The van der Waals surface area contributed by atoms with E-state index < -0.39 is 36.4 Å². The molecule has 1 aliphatic heterocycles. The van der Waals surface area contributed by atoms with E-state index in [4.69, 9.17) is 15.6 Å². The molecule has 2 unspecified atom stereocenters. The molecule has 0 aromatic carbocycles. The van der Waals surface area contributed by atoms with Gasteiger partial charge in [0, 0.05) is 0 Å². The second-order valence-electron chi connectivity index (χ2n) is 6.77. The van der Waals surface area contributed by atoms with Gasteiger partial charge in [0.15, 0.2) is 17.7 Å². The summed E-state index contributed by atoms with van der Waals surface area (Å²) in [5.41, 5.74) is 6.58. The van der Waals surface area contributed by atoms with Crippen molar-refractivity contribution in [2.75, 3.05) is 23.0 Å². The topological polar surface area (TPSA) is 157 Å². The number of imidazole rings is 1. The number of hydrogen-bond acceptors (Lipinski definition) is 8. The van der Waals surface area contributed by atoms with Crippen LogP contribution in [0.3, 0.4) is 0 Å². The Labute approximate surface area is 164 Å². The summed E-state index contributed by atoms with van der Waals surface area (Å²) in [4.78, 5) is 23.4. The molecule has 0 spiro atoms. The molecule has 2 aromatic heterocycles. The Bertz CT molecular complexity index is 862. The molecule has 1 aliphatic rings. The molecule has 28 heavy (non-hydrogen) atoms. The average molecular weight is 410 g/mol. The molecule has 10 nitrogen and oxygen atoms in total. The fraction of sp³-hybridized carbons (Fsp3) is 0.529. The molecule has 6 atom stereocenters. The molecule has 0 radical (unpaired) electrons. The van der Waals surface area contributed by atoms with Gasteiger partial charge in [-0.1, -0.05) is 6.58 Å². The van der Waals surface area contributed by atoms with Gasteiger partial charge in [-0.3, -0.25) is 9.36 Å². The number of nitrogens with two attached hydrogens (primary N) is 1. The minimum absolute atomic E-state index is 0.212. The first-order valence-corrected chi connectivity index (χ1v) is 10.5. The van der Waals surface area contributed by atoms with E-state index in [9.17, 15) is 15.0 Å². The minimum Gasteiger partial charge on any atom is -0.481 e. The monoisotopic (exact) mass is 410 g/mol. The zero-order valence-electron chi connectivity index (χ0n) is 15.4. The maximum Gasteiger partial charge on any atom is 0.310 e. The van der Waals surface area contributed by atoms with Gasteiger partial charge in [0.05, 0.1) is 12.2 Å². The number of carbonyl (C=O) groups is 1. The van der Waals surface area contributed by atoms with Crippen LogP contribution in [0.5, 0.6) is 0 Å². The van der Waals surface area contributed by atoms with E-state index in [-0.39, 0.29) is 16.7 Å². The number of carboxylic acids is 1. The molecular formula is C17H24N5O5S+. The van der Waals surface area contributed by atoms with Crippen LogP contribution in [0.2, 0.25) is 0 Å². The molecule has 0 amide bonds. The molecule has 3 heterocycles. The van der Waals surface area contributed by atoms with Crippen LogP contribution < -0.4 is 5.73 Å². The fourth-order valence-corrected chi connectivity index (χ4v) is 5.51. The Kier molecular flexibility index (Phi) is 6.18. The van der Waals surface area contributed by atoms with E-state index in [1.807, 2.05) is 0 Å². The van der Waals surface area contributed by atoms with Crippen LogP contribution in [0, 0.1) is 5.92 Å². The maximum atomic E-state index is 11.2. The van der Waals surface area contributed by atoms with Crippen molar-refractivity contribution in [1.29, 1.82) is 0 Å². The summed E-state index contributed by atoms with van der Waals surface area (Å²) in [5.74, 6) is 0.315. The van der Waals surface area contributed by atoms with Gasteiger partial charge in [0.25, 0.3) is 0 Å². The van der Waals surface area contributed by atoms with E-state index in [1.165, 1.54) is 17.2 Å². The number of rotatable bonds is 8. The molecular weight excluding hydrogens is 386 g/mol. The van der Waals surface area contributed by atoms with Crippen LogP contribution in [-0.4, -0.2) is 76.4 Å². The Morgan fingerprint density at radius 1 is 1.43 bits per heavy atom. The molecule has 1 saturated heterocycles. The van der Waals surface area contributed by atoms with Crippen LogP contribution in [0.4, 0.5) is 5.82 Å². The first-order chi connectivity index (χ1) is 13.3. The largest absolute Gasteiger partial charge is 0.481 e. The van der Waals surface area contributed by atoms with Gasteiger partial charge < -0.3 is 25.8 Å². The van der Waals surface area contributed by atoms with Crippen molar-refractivity contribution >= 4 is 33.8 Å². The molecule has 0 aliphatic carbocycles. The Hall–Kier alpha value is -2.21. The molecule has 152 valence electrons. The lowest BCUT2D eigenvalue weighted by molar-refractivity contribution is -0.140. The van der Waals surface area contributed by atoms with Crippen LogP contribution in [0.15, 0.2) is 25.3 Å². The standard InChI is InChI=1S/C17H23N5O5S/c1-3-4-28(5-9(2)17(25)26)6-10-12(23)13(24)16(27-10)22-8-21-11-14(18)19-7-20-15(11)22/h3,7-10,12-13,16,23-24H,1,4-6H2,2H3,(H2-,18,19,20,25,26)/p+1/t9-,10+,12-,13?,16+,28?/m0/s1. The van der Waals surface area contributed by atoms with Gasteiger partial charge in [-0.2, -0.15) is 0 Å². The molecule has 2 aromatic rings. The highest BCUT2D eigenvalue weighted by Gasteiger charge is 2.47. The summed E-state index contributed by atoms with van der Waals surface area (Å²) in [6.07, 6.45) is 0.613. The zero-order valence-corrected chi connectivity index (χ0v) is 16.2. The molecule has 0 saturated carbocycles. The Morgan fingerprint density at radius 2 is 2.18 bits per heavy atom. The van der Waals surface area contributed by atoms with Crippen molar-refractivity contribution < 1.29 is 24.9 Å². The van der Waals surface area contributed by atoms with Crippen molar-refractivity contribution in [3.63, 3.8) is 0 Å². The third-order valence-electron chi connectivity index (χ3n) is 4.66. The van der Waals surface area contributed by atoms with Crippen LogP contribution in [0.25, 0.3) is 11.2 Å². The van der Waals surface area contributed by atoms with Crippen molar-refractivity contribution in [3.8, 4) is 0 Å². The van der Waals surface area contributed by atoms with E-state index in [0.29, 0.717) is 28.4 Å². The average Bonchev–Trinajstić information content (AvgIpc) is 3.19. The summed E-state index contributed by atoms with van der Waals surface area (Å²) in [6, 6.07) is 0. The Morgan fingerprint density at radius 3 is 2.86 bits per heavy atom. The minimum atomic E-state index is -1.19. The predicted molar refractivity (Wildman–Crippen MR) is 105 cm³/mol. The predicted octanol–water partition coefficient (Wildman–Crippen LogP) is -0.447. The third kappa shape index (κ3) is 3.97. The smallest absolute Gasteiger partial charge is 0.310 e. The summed E-state index contributed by atoms with van der Waals surface area (Å²) >= 11 is 0. The highest BCUT2D eigenvalue weighted by Crippen LogP contribution is 2.33. The number of aliphatic hydroxyl groups is 2. The molecule has 3 rings (SSSR count). The number of hydrogen-bond donors (Lipinski definition) is 4. The lowest BCUT2D eigenvalue weighted by atomic mass is 10.1. The molecule has 1 fully saturated rings. The number of aliphatic carboxylic acids is 1. The van der Waals surface area contributed by atoms with E-state index in [1.54, 1.807) is 13.0 Å². The number of nitrogen functional groups attached to an aromatic ring is 1. The van der Waals surface area contributed by atoms with Crippen molar-refractivity contribution in [3.05, 3.63) is 25.3 Å². The molecule has 0 bridgehead atoms. The number of aliphatic hydroxyl groups excluding tert-OH is 2. The van der Waals surface area contributed by atoms with Gasteiger partial charge >= 0.3 is 5.97 Å². The molecule has 11 heteroatoms. The highest BCUT2D eigenvalue weighted by atomic mass is 32.2. The van der Waals surface area contributed by atoms with E-state index in [2.05, 4.69) is 21.5 Å². The molecule has 5 N–H and O–H groups in total. The maximum absolute atomic E-state index is 11.2. The van der Waals surface area contributed by atoms with Crippen molar-refractivity contribution in [1.82, 2.24) is 19.5 Å². The quantitative estimate of drug-likeness (QED) is 0.334. The van der Waals surface area contributed by atoms with Gasteiger partial charge in [-0.05, 0) is 23.9 Å². The number of aromatic nitrogens is 4. The second kappa shape index (κ2) is 8.43. The van der Waals surface area contributed by atoms with Gasteiger partial charge in [0.1, 0.15) is 47.4 Å². The van der Waals surface area contributed by atoms with Gasteiger partial charge in [-0.25, -0.2) is 15.0 Å².